The van der Waals surface area contributed by atoms with Crippen molar-refractivity contribution in [3.63, 3.8) is 0 Å². The first-order valence-corrected chi connectivity index (χ1v) is 24.1. The van der Waals surface area contributed by atoms with Gasteiger partial charge in [-0.3, -0.25) is 24.1 Å². The van der Waals surface area contributed by atoms with Crippen LogP contribution in [0, 0.1) is 0 Å². The maximum atomic E-state index is 15.2. The molecule has 0 radical (unpaired) electrons. The molecule has 4 amide bonds. The summed E-state index contributed by atoms with van der Waals surface area (Å²) in [7, 11) is 0. The third kappa shape index (κ3) is 9.46. The van der Waals surface area contributed by atoms with Gasteiger partial charge in [0, 0.05) is 5.54 Å². The second-order valence-electron chi connectivity index (χ2n) is 19.3. The van der Waals surface area contributed by atoms with Crippen LogP contribution in [-0.2, 0) is 23.2 Å². The Morgan fingerprint density at radius 2 is 0.753 bits per heavy atom. The van der Waals surface area contributed by atoms with E-state index in [4.69, 9.17) is 9.47 Å². The molecule has 2 aliphatic rings. The number of hydrogen-bond acceptors (Lipinski definition) is 6. The number of anilines is 1. The van der Waals surface area contributed by atoms with Crippen LogP contribution in [0.25, 0.3) is 11.1 Å². The number of amides is 4. The highest BCUT2D eigenvalue weighted by Crippen LogP contribution is 2.57. The number of carbonyl (C=O) groups is 4. The largest absolute Gasteiger partial charge is 0.457 e. The lowest BCUT2D eigenvalue weighted by molar-refractivity contribution is -0.288. The van der Waals surface area contributed by atoms with Crippen LogP contribution in [0.5, 0.6) is 23.0 Å². The molecule has 2 aliphatic heterocycles. The van der Waals surface area contributed by atoms with Gasteiger partial charge in [0.25, 0.3) is 23.6 Å². The zero-order chi connectivity index (χ0) is 56.6. The van der Waals surface area contributed by atoms with Crippen molar-refractivity contribution in [3.05, 3.63) is 171 Å². The lowest BCUT2D eigenvalue weighted by Crippen LogP contribution is -2.54. The zero-order valence-electron chi connectivity index (χ0n) is 41.8. The summed E-state index contributed by atoms with van der Waals surface area (Å²) in [5.74, 6) is -4.26. The first kappa shape index (κ1) is 55.6. The van der Waals surface area contributed by atoms with E-state index in [1.54, 1.807) is 27.7 Å². The van der Waals surface area contributed by atoms with Gasteiger partial charge in [-0.05, 0) is 145 Å². The first-order chi connectivity index (χ1) is 35.9. The van der Waals surface area contributed by atoms with E-state index >= 15 is 26.3 Å². The SMILES string of the molecule is CCC(C)(CC)c1ccc(-c2ccc(N3C(=O)c4ccc(Oc5ccc(C(c6ccc(Oc7ccc8c(c7)C(=O)N(C(C)(CC)CC)C8=O)cc6)(C(F)(F)F)C(F)(F)F)cc5)cc4C3=O)cc2C(F)(F)F)c(C(F)(F)F)c1. The van der Waals surface area contributed by atoms with Crippen molar-refractivity contribution in [1.82, 2.24) is 4.90 Å². The van der Waals surface area contributed by atoms with Gasteiger partial charge in [0.1, 0.15) is 23.0 Å². The predicted molar refractivity (Wildman–Crippen MR) is 259 cm³/mol. The van der Waals surface area contributed by atoms with Crippen molar-refractivity contribution in [2.45, 2.75) is 108 Å². The van der Waals surface area contributed by atoms with Gasteiger partial charge in [-0.25, -0.2) is 4.90 Å². The van der Waals surface area contributed by atoms with E-state index in [2.05, 4.69) is 0 Å². The number of carbonyl (C=O) groups excluding carboxylic acids is 4. The van der Waals surface area contributed by atoms with Gasteiger partial charge in [-0.1, -0.05) is 77.1 Å². The molecule has 0 saturated heterocycles. The van der Waals surface area contributed by atoms with Gasteiger partial charge in [-0.15, -0.1) is 0 Å². The number of benzene rings is 6. The molecule has 0 aliphatic carbocycles. The van der Waals surface area contributed by atoms with Crippen molar-refractivity contribution in [2.75, 3.05) is 4.90 Å². The molecule has 404 valence electrons. The minimum Gasteiger partial charge on any atom is -0.457 e. The molecular weight excluding hydrogens is 1040 g/mol. The maximum Gasteiger partial charge on any atom is 0.417 e. The molecule has 2 heterocycles. The third-order valence-electron chi connectivity index (χ3n) is 15.1. The van der Waals surface area contributed by atoms with Crippen LogP contribution in [0.15, 0.2) is 121 Å². The molecule has 0 unspecified atom stereocenters. The Balaban J connectivity index is 1.05. The minimum absolute atomic E-state index is 0.00889. The molecule has 77 heavy (non-hydrogen) atoms. The molecular formula is C57H46F12N2O6. The highest BCUT2D eigenvalue weighted by atomic mass is 19.4. The average molecular weight is 1080 g/mol. The van der Waals surface area contributed by atoms with Crippen LogP contribution in [-0.4, -0.2) is 46.4 Å². The topological polar surface area (TPSA) is 93.2 Å². The molecule has 0 atom stereocenters. The molecule has 0 saturated carbocycles. The number of halogens is 12. The summed E-state index contributed by atoms with van der Waals surface area (Å²) in [6.07, 6.45) is -20.6. The second-order valence-corrected chi connectivity index (χ2v) is 19.3. The lowest BCUT2D eigenvalue weighted by atomic mass is 9.73. The normalized spacial score (nSPS) is 14.6. The van der Waals surface area contributed by atoms with E-state index in [-0.39, 0.29) is 45.3 Å². The number of imide groups is 2. The summed E-state index contributed by atoms with van der Waals surface area (Å²) in [5, 5.41) is 0. The predicted octanol–water partition coefficient (Wildman–Crippen LogP) is 16.4. The molecule has 0 spiro atoms. The Bertz CT molecular complexity index is 3300. The van der Waals surface area contributed by atoms with Crippen LogP contribution < -0.4 is 14.4 Å². The number of rotatable bonds is 14. The van der Waals surface area contributed by atoms with Crippen molar-refractivity contribution in [3.8, 4) is 34.1 Å². The average Bonchev–Trinajstić information content (AvgIpc) is 3.83. The number of fused-ring (bicyclic) bond motifs is 2. The molecule has 8 nitrogen and oxygen atoms in total. The number of ether oxygens (including phenoxy) is 2. The molecule has 0 aromatic heterocycles. The van der Waals surface area contributed by atoms with E-state index in [1.807, 2.05) is 13.8 Å². The van der Waals surface area contributed by atoms with Crippen molar-refractivity contribution in [1.29, 1.82) is 0 Å². The van der Waals surface area contributed by atoms with Crippen LogP contribution in [0.2, 0.25) is 0 Å². The summed E-state index contributed by atoms with van der Waals surface area (Å²) in [6.45, 7) is 10.7. The van der Waals surface area contributed by atoms with Gasteiger partial charge >= 0.3 is 24.7 Å². The highest BCUT2D eigenvalue weighted by Gasteiger charge is 2.72. The quantitative estimate of drug-likeness (QED) is 0.0797. The molecule has 20 heteroatoms. The number of alkyl halides is 12. The van der Waals surface area contributed by atoms with Crippen LogP contribution in [0.4, 0.5) is 58.4 Å². The van der Waals surface area contributed by atoms with E-state index in [0.717, 1.165) is 71.6 Å². The Hall–Kier alpha value is -7.64. The second kappa shape index (κ2) is 19.4. The third-order valence-corrected chi connectivity index (χ3v) is 15.1. The van der Waals surface area contributed by atoms with E-state index in [1.165, 1.54) is 24.3 Å². The summed E-state index contributed by atoms with van der Waals surface area (Å²) < 4.78 is 190. The van der Waals surface area contributed by atoms with Crippen LogP contribution in [0.3, 0.4) is 0 Å². The molecule has 0 N–H and O–H groups in total. The Morgan fingerprint density at radius 1 is 0.390 bits per heavy atom. The molecule has 0 fully saturated rings. The van der Waals surface area contributed by atoms with E-state index in [0.29, 0.717) is 60.9 Å². The molecule has 6 aromatic carbocycles. The van der Waals surface area contributed by atoms with Crippen molar-refractivity contribution < 1.29 is 81.3 Å². The summed E-state index contributed by atoms with van der Waals surface area (Å²) in [6, 6.07) is 17.7. The Kier molecular flexibility index (Phi) is 14.0. The summed E-state index contributed by atoms with van der Waals surface area (Å²) in [5.41, 5.74) is -14.3. The lowest BCUT2D eigenvalue weighted by Gasteiger charge is -2.38. The maximum absolute atomic E-state index is 15.2. The van der Waals surface area contributed by atoms with Gasteiger partial charge in [0.2, 0.25) is 5.41 Å². The van der Waals surface area contributed by atoms with Gasteiger partial charge in [0.05, 0.1) is 39.1 Å². The van der Waals surface area contributed by atoms with Crippen LogP contribution >= 0.6 is 0 Å². The van der Waals surface area contributed by atoms with E-state index in [9.17, 15) is 45.5 Å². The smallest absolute Gasteiger partial charge is 0.417 e. The first-order valence-electron chi connectivity index (χ1n) is 24.1. The fourth-order valence-corrected chi connectivity index (χ4v) is 9.85. The van der Waals surface area contributed by atoms with Crippen molar-refractivity contribution >= 4 is 29.3 Å². The van der Waals surface area contributed by atoms with Crippen LogP contribution in [0.1, 0.15) is 136 Å². The van der Waals surface area contributed by atoms with Gasteiger partial charge in [0.15, 0.2) is 0 Å². The fraction of sp³-hybridized carbons (Fsp3) is 0.298. The van der Waals surface area contributed by atoms with E-state index < -0.39 is 109 Å². The molecule has 8 rings (SSSR count). The summed E-state index contributed by atoms with van der Waals surface area (Å²) >= 11 is 0. The molecule has 6 aromatic rings. The van der Waals surface area contributed by atoms with Gasteiger partial charge < -0.3 is 9.47 Å². The number of nitrogens with zero attached hydrogens (tertiary/aromatic N) is 2. The Morgan fingerprint density at radius 3 is 1.18 bits per heavy atom. The van der Waals surface area contributed by atoms with Gasteiger partial charge in [-0.2, -0.15) is 52.7 Å². The monoisotopic (exact) mass is 1080 g/mol. The highest BCUT2D eigenvalue weighted by molar-refractivity contribution is 6.34. The summed E-state index contributed by atoms with van der Waals surface area (Å²) in [4.78, 5) is 55.5. The zero-order valence-corrected chi connectivity index (χ0v) is 41.8. The standard InChI is InChI=1S/C57H46F12N2O6/c1-7-51(5,8-2)33-15-23-39(45(27-33)54(58,59)60)40-24-16-34(28-46(40)55(61,62)63)70-47(72)41-25-21-37(29-43(41)48(70)73)76-35-17-11-31(12-18-35)53(56(64,65)66,57(67,68)69)32-13-19-36(20-14-32)77-38-22-26-42-44(30-38)50(75)71(49(42)74)52(6,9-3)10-4/h11-30H,7-10H2,1-6H3. The minimum atomic E-state index is -6.01. The van der Waals surface area contributed by atoms with Crippen molar-refractivity contribution in [2.24, 2.45) is 0 Å². The number of hydrogen-bond donors (Lipinski definition) is 0. The molecule has 0 bridgehead atoms. The Labute approximate surface area is 433 Å². The fourth-order valence-electron chi connectivity index (χ4n) is 9.85.